The molecule has 0 spiro atoms. The molecule has 0 N–H and O–H groups in total. The average Bonchev–Trinajstić information content (AvgIpc) is 2.56. The van der Waals surface area contributed by atoms with Crippen molar-refractivity contribution in [3.05, 3.63) is 24.0 Å². The Hall–Kier alpha value is -1.55. The highest BCUT2D eigenvalue weighted by atomic mass is 35.5. The van der Waals surface area contributed by atoms with E-state index in [2.05, 4.69) is 4.98 Å². The second-order valence-corrected chi connectivity index (χ2v) is 3.52. The number of ether oxygens (including phenoxy) is 1. The number of nitrogens with zero attached hydrogens (tertiary/aromatic N) is 2. The number of carbonyl (C=O) groups is 1. The number of halogens is 1. The van der Waals surface area contributed by atoms with Crippen molar-refractivity contribution in [2.24, 2.45) is 7.05 Å². The van der Waals surface area contributed by atoms with Crippen LogP contribution in [-0.4, -0.2) is 21.9 Å². The van der Waals surface area contributed by atoms with Crippen LogP contribution in [0.2, 0.25) is 0 Å². The van der Waals surface area contributed by atoms with Gasteiger partial charge in [0.25, 0.3) is 5.24 Å². The third-order valence-corrected chi connectivity index (χ3v) is 2.44. The van der Waals surface area contributed by atoms with Gasteiger partial charge in [0.1, 0.15) is 11.4 Å². The lowest BCUT2D eigenvalue weighted by molar-refractivity contribution is 0.108. The number of aryl methyl sites for hydroxylation is 1. The van der Waals surface area contributed by atoms with Gasteiger partial charge in [-0.1, -0.05) is 0 Å². The fraction of sp³-hybridized carbons (Fsp3) is 0.200. The first-order valence-electron chi connectivity index (χ1n) is 4.32. The molecular weight excluding hydrogens is 216 g/mol. The van der Waals surface area contributed by atoms with Crippen LogP contribution in [-0.2, 0) is 7.05 Å². The van der Waals surface area contributed by atoms with Gasteiger partial charge in [0.05, 0.1) is 18.9 Å². The van der Waals surface area contributed by atoms with E-state index in [1.54, 1.807) is 30.1 Å². The van der Waals surface area contributed by atoms with E-state index in [1.807, 2.05) is 7.05 Å². The Balaban J connectivity index is 2.77. The maximum Gasteiger partial charge on any atom is 0.254 e. The summed E-state index contributed by atoms with van der Waals surface area (Å²) >= 11 is 5.47. The van der Waals surface area contributed by atoms with E-state index in [4.69, 9.17) is 16.3 Å². The van der Waals surface area contributed by atoms with Gasteiger partial charge in [-0.25, -0.2) is 4.98 Å². The van der Waals surface area contributed by atoms with Gasteiger partial charge in [0.15, 0.2) is 0 Å². The summed E-state index contributed by atoms with van der Waals surface area (Å²) in [5.41, 5.74) is 1.15. The van der Waals surface area contributed by atoms with Gasteiger partial charge >= 0.3 is 0 Å². The molecule has 0 amide bonds. The molecule has 0 aliphatic carbocycles. The SMILES string of the molecule is COc1cnc2c(c1)c(C(=O)Cl)cn2C. The lowest BCUT2D eigenvalue weighted by atomic mass is 10.2. The van der Waals surface area contributed by atoms with Crippen LogP contribution in [0.5, 0.6) is 5.75 Å². The molecule has 0 aliphatic heterocycles. The number of hydrogen-bond acceptors (Lipinski definition) is 3. The Bertz CT molecular complexity index is 533. The quantitative estimate of drug-likeness (QED) is 0.733. The molecule has 15 heavy (non-hydrogen) atoms. The van der Waals surface area contributed by atoms with Crippen molar-refractivity contribution in [2.45, 2.75) is 0 Å². The summed E-state index contributed by atoms with van der Waals surface area (Å²) in [6.45, 7) is 0. The van der Waals surface area contributed by atoms with Crippen molar-refractivity contribution in [2.75, 3.05) is 7.11 Å². The molecule has 0 aliphatic rings. The average molecular weight is 225 g/mol. The molecular formula is C10H9ClN2O2. The second kappa shape index (κ2) is 3.55. The standard InChI is InChI=1S/C10H9ClN2O2/c1-13-5-8(9(11)14)7-3-6(15-2)4-12-10(7)13/h3-5H,1-2H3. The third-order valence-electron chi connectivity index (χ3n) is 2.24. The van der Waals surface area contributed by atoms with E-state index in [0.29, 0.717) is 22.3 Å². The molecule has 0 unspecified atom stereocenters. The molecule has 2 aromatic rings. The lowest BCUT2D eigenvalue weighted by Gasteiger charge is -1.99. The van der Waals surface area contributed by atoms with Crippen LogP contribution in [0, 0.1) is 0 Å². The van der Waals surface area contributed by atoms with Crippen LogP contribution in [0.15, 0.2) is 18.5 Å². The molecule has 2 rings (SSSR count). The number of carbonyl (C=O) groups excluding carboxylic acids is 1. The van der Waals surface area contributed by atoms with Gasteiger partial charge in [-0.15, -0.1) is 0 Å². The van der Waals surface area contributed by atoms with Crippen LogP contribution in [0.3, 0.4) is 0 Å². The van der Waals surface area contributed by atoms with E-state index >= 15 is 0 Å². The number of aromatic nitrogens is 2. The number of rotatable bonds is 2. The topological polar surface area (TPSA) is 44.1 Å². The molecule has 0 fully saturated rings. The fourth-order valence-electron chi connectivity index (χ4n) is 1.51. The first-order valence-corrected chi connectivity index (χ1v) is 4.70. The van der Waals surface area contributed by atoms with E-state index in [0.717, 1.165) is 0 Å². The van der Waals surface area contributed by atoms with Gasteiger partial charge in [-0.05, 0) is 17.7 Å². The molecule has 0 radical (unpaired) electrons. The molecule has 0 atom stereocenters. The monoisotopic (exact) mass is 224 g/mol. The van der Waals surface area contributed by atoms with E-state index in [9.17, 15) is 4.79 Å². The highest BCUT2D eigenvalue weighted by molar-refractivity contribution is 6.68. The van der Waals surface area contributed by atoms with Crippen LogP contribution in [0.1, 0.15) is 10.4 Å². The van der Waals surface area contributed by atoms with Gasteiger partial charge in [-0.3, -0.25) is 4.79 Å². The Labute approximate surface area is 91.4 Å². The normalized spacial score (nSPS) is 10.6. The summed E-state index contributed by atoms with van der Waals surface area (Å²) in [5, 5.41) is 0.215. The maximum atomic E-state index is 11.2. The molecule has 2 aromatic heterocycles. The predicted molar refractivity (Wildman–Crippen MR) is 57.4 cm³/mol. The Morgan fingerprint density at radius 3 is 2.93 bits per heavy atom. The molecule has 0 saturated carbocycles. The van der Waals surface area contributed by atoms with Crippen LogP contribution in [0.25, 0.3) is 11.0 Å². The minimum absolute atomic E-state index is 0.445. The van der Waals surface area contributed by atoms with Gasteiger partial charge in [-0.2, -0.15) is 0 Å². The highest BCUT2D eigenvalue weighted by Crippen LogP contribution is 2.24. The van der Waals surface area contributed by atoms with E-state index in [-0.39, 0.29) is 0 Å². The zero-order valence-corrected chi connectivity index (χ0v) is 9.08. The van der Waals surface area contributed by atoms with Crippen molar-refractivity contribution in [1.82, 2.24) is 9.55 Å². The van der Waals surface area contributed by atoms with Crippen molar-refractivity contribution >= 4 is 27.9 Å². The number of hydrogen-bond donors (Lipinski definition) is 0. The Kier molecular flexibility index (Phi) is 2.36. The van der Waals surface area contributed by atoms with Crippen molar-refractivity contribution in [3.63, 3.8) is 0 Å². The van der Waals surface area contributed by atoms with Crippen LogP contribution < -0.4 is 4.74 Å². The van der Waals surface area contributed by atoms with Gasteiger partial charge < -0.3 is 9.30 Å². The van der Waals surface area contributed by atoms with Crippen molar-refractivity contribution in [1.29, 1.82) is 0 Å². The van der Waals surface area contributed by atoms with Gasteiger partial charge in [0, 0.05) is 18.6 Å². The molecule has 5 heteroatoms. The summed E-state index contributed by atoms with van der Waals surface area (Å²) < 4.78 is 6.79. The highest BCUT2D eigenvalue weighted by Gasteiger charge is 2.13. The molecule has 0 bridgehead atoms. The molecule has 0 saturated heterocycles. The summed E-state index contributed by atoms with van der Waals surface area (Å²) in [6.07, 6.45) is 3.26. The zero-order chi connectivity index (χ0) is 11.0. The van der Waals surface area contributed by atoms with Crippen molar-refractivity contribution in [3.8, 4) is 5.75 Å². The summed E-state index contributed by atoms with van der Waals surface area (Å²) in [4.78, 5) is 15.3. The Morgan fingerprint density at radius 1 is 1.60 bits per heavy atom. The zero-order valence-electron chi connectivity index (χ0n) is 8.32. The van der Waals surface area contributed by atoms with E-state index in [1.165, 1.54) is 0 Å². The summed E-state index contributed by atoms with van der Waals surface area (Å²) in [7, 11) is 3.36. The number of pyridine rings is 1. The van der Waals surface area contributed by atoms with Crippen LogP contribution >= 0.6 is 11.6 Å². The summed E-state index contributed by atoms with van der Waals surface area (Å²) in [5.74, 6) is 0.605. The molecule has 4 nitrogen and oxygen atoms in total. The van der Waals surface area contributed by atoms with E-state index < -0.39 is 5.24 Å². The smallest absolute Gasteiger partial charge is 0.254 e. The first kappa shape index (κ1) is 9.98. The molecule has 2 heterocycles. The Morgan fingerprint density at radius 2 is 2.33 bits per heavy atom. The largest absolute Gasteiger partial charge is 0.495 e. The summed E-state index contributed by atoms with van der Waals surface area (Å²) in [6, 6.07) is 1.75. The minimum Gasteiger partial charge on any atom is -0.495 e. The fourth-order valence-corrected chi connectivity index (χ4v) is 1.66. The third kappa shape index (κ3) is 1.57. The first-order chi connectivity index (χ1) is 7.13. The predicted octanol–water partition coefficient (Wildman–Crippen LogP) is 1.96. The molecule has 0 aromatic carbocycles. The minimum atomic E-state index is -0.490. The van der Waals surface area contributed by atoms with Gasteiger partial charge in [0.2, 0.25) is 0 Å². The number of methoxy groups -OCH3 is 1. The maximum absolute atomic E-state index is 11.2. The van der Waals surface area contributed by atoms with Crippen molar-refractivity contribution < 1.29 is 9.53 Å². The molecule has 78 valence electrons. The lowest BCUT2D eigenvalue weighted by Crippen LogP contribution is -1.89. The number of fused-ring (bicyclic) bond motifs is 1. The van der Waals surface area contributed by atoms with Crippen LogP contribution in [0.4, 0.5) is 0 Å². The second-order valence-electron chi connectivity index (χ2n) is 3.17.